The SMILES string of the molecule is O=C(NCc1ccccc1)N1CCN(CCn2cccn2)CC1. The normalized spacial score (nSPS) is 15.6. The molecule has 1 aliphatic heterocycles. The highest BCUT2D eigenvalue weighted by atomic mass is 16.2. The van der Waals surface area contributed by atoms with Crippen molar-refractivity contribution in [3.05, 3.63) is 54.4 Å². The largest absolute Gasteiger partial charge is 0.334 e. The van der Waals surface area contributed by atoms with Gasteiger partial charge in [0.25, 0.3) is 0 Å². The molecule has 23 heavy (non-hydrogen) atoms. The summed E-state index contributed by atoms with van der Waals surface area (Å²) < 4.78 is 1.94. The Morgan fingerprint density at radius 2 is 1.83 bits per heavy atom. The van der Waals surface area contributed by atoms with Gasteiger partial charge in [0.1, 0.15) is 0 Å². The van der Waals surface area contributed by atoms with E-state index in [-0.39, 0.29) is 6.03 Å². The van der Waals surface area contributed by atoms with E-state index >= 15 is 0 Å². The quantitative estimate of drug-likeness (QED) is 0.908. The number of aromatic nitrogens is 2. The number of amides is 2. The molecule has 0 aliphatic carbocycles. The van der Waals surface area contributed by atoms with Crippen molar-refractivity contribution in [1.82, 2.24) is 24.9 Å². The fourth-order valence-corrected chi connectivity index (χ4v) is 2.74. The number of piperazine rings is 1. The number of carbonyl (C=O) groups excluding carboxylic acids is 1. The molecule has 3 rings (SSSR count). The van der Waals surface area contributed by atoms with Crippen molar-refractivity contribution in [2.24, 2.45) is 0 Å². The minimum atomic E-state index is 0.0283. The highest BCUT2D eigenvalue weighted by Crippen LogP contribution is 2.04. The Kier molecular flexibility index (Phi) is 5.26. The van der Waals surface area contributed by atoms with E-state index in [1.54, 1.807) is 6.20 Å². The van der Waals surface area contributed by atoms with E-state index in [0.717, 1.165) is 44.8 Å². The summed E-state index contributed by atoms with van der Waals surface area (Å²) in [5.41, 5.74) is 1.12. The predicted molar refractivity (Wildman–Crippen MR) is 88.9 cm³/mol. The van der Waals surface area contributed by atoms with Gasteiger partial charge in [0.05, 0.1) is 6.54 Å². The van der Waals surface area contributed by atoms with Crippen LogP contribution in [0.15, 0.2) is 48.8 Å². The van der Waals surface area contributed by atoms with E-state index in [4.69, 9.17) is 0 Å². The number of nitrogens with one attached hydrogen (secondary N) is 1. The highest BCUT2D eigenvalue weighted by molar-refractivity contribution is 5.74. The molecule has 2 aromatic rings. The van der Waals surface area contributed by atoms with E-state index < -0.39 is 0 Å². The van der Waals surface area contributed by atoms with Gasteiger partial charge in [0.2, 0.25) is 0 Å². The zero-order chi connectivity index (χ0) is 15.9. The molecule has 2 amide bonds. The Bertz CT molecular complexity index is 591. The lowest BCUT2D eigenvalue weighted by Crippen LogP contribution is -2.52. The summed E-state index contributed by atoms with van der Waals surface area (Å²) in [6.45, 7) is 5.84. The van der Waals surface area contributed by atoms with Gasteiger partial charge in [-0.1, -0.05) is 30.3 Å². The second-order valence-corrected chi connectivity index (χ2v) is 5.74. The van der Waals surface area contributed by atoms with Gasteiger partial charge in [-0.25, -0.2) is 4.79 Å². The summed E-state index contributed by atoms with van der Waals surface area (Å²) in [5.74, 6) is 0. The number of hydrogen-bond acceptors (Lipinski definition) is 3. The zero-order valence-corrected chi connectivity index (χ0v) is 13.3. The number of carbonyl (C=O) groups is 1. The molecule has 0 saturated carbocycles. The predicted octanol–water partition coefficient (Wildman–Crippen LogP) is 1.41. The summed E-state index contributed by atoms with van der Waals surface area (Å²) in [6, 6.07) is 12.0. The van der Waals surface area contributed by atoms with Crippen molar-refractivity contribution in [2.75, 3.05) is 32.7 Å². The van der Waals surface area contributed by atoms with Gasteiger partial charge >= 0.3 is 6.03 Å². The van der Waals surface area contributed by atoms with Crippen LogP contribution in [0.1, 0.15) is 5.56 Å². The Morgan fingerprint density at radius 1 is 1.04 bits per heavy atom. The molecule has 1 saturated heterocycles. The van der Waals surface area contributed by atoms with E-state index in [0.29, 0.717) is 6.54 Å². The molecular formula is C17H23N5O. The molecule has 1 aliphatic rings. The Balaban J connectivity index is 1.37. The van der Waals surface area contributed by atoms with Crippen LogP contribution in [0.5, 0.6) is 0 Å². The van der Waals surface area contributed by atoms with Crippen LogP contribution in [0.25, 0.3) is 0 Å². The molecule has 1 N–H and O–H groups in total. The average molecular weight is 313 g/mol. The van der Waals surface area contributed by atoms with Crippen LogP contribution in [0.4, 0.5) is 4.79 Å². The maximum Gasteiger partial charge on any atom is 0.317 e. The van der Waals surface area contributed by atoms with E-state index in [1.165, 1.54) is 0 Å². The summed E-state index contributed by atoms with van der Waals surface area (Å²) in [6.07, 6.45) is 3.78. The molecule has 2 heterocycles. The number of rotatable bonds is 5. The molecule has 0 atom stereocenters. The van der Waals surface area contributed by atoms with Gasteiger partial charge in [0, 0.05) is 51.7 Å². The second kappa shape index (κ2) is 7.78. The molecule has 6 nitrogen and oxygen atoms in total. The second-order valence-electron chi connectivity index (χ2n) is 5.74. The lowest BCUT2D eigenvalue weighted by atomic mass is 10.2. The smallest absolute Gasteiger partial charge is 0.317 e. The summed E-state index contributed by atoms with van der Waals surface area (Å²) in [7, 11) is 0. The van der Waals surface area contributed by atoms with Gasteiger partial charge in [0.15, 0.2) is 0 Å². The third-order valence-corrected chi connectivity index (χ3v) is 4.15. The first-order valence-corrected chi connectivity index (χ1v) is 8.08. The maximum absolute atomic E-state index is 12.2. The summed E-state index contributed by atoms with van der Waals surface area (Å²) in [4.78, 5) is 16.5. The van der Waals surface area contributed by atoms with Crippen LogP contribution >= 0.6 is 0 Å². The molecule has 0 bridgehead atoms. The lowest BCUT2D eigenvalue weighted by Gasteiger charge is -2.34. The molecule has 1 fully saturated rings. The van der Waals surface area contributed by atoms with Crippen molar-refractivity contribution < 1.29 is 4.79 Å². The van der Waals surface area contributed by atoms with Crippen molar-refractivity contribution in [2.45, 2.75) is 13.1 Å². The molecule has 0 spiro atoms. The molecular weight excluding hydrogens is 290 g/mol. The first-order chi connectivity index (χ1) is 11.3. The van der Waals surface area contributed by atoms with Gasteiger partial charge in [-0.05, 0) is 11.6 Å². The maximum atomic E-state index is 12.2. The third-order valence-electron chi connectivity index (χ3n) is 4.15. The molecule has 122 valence electrons. The summed E-state index contributed by atoms with van der Waals surface area (Å²) >= 11 is 0. The number of urea groups is 1. The average Bonchev–Trinajstić information content (AvgIpc) is 3.13. The number of hydrogen-bond donors (Lipinski definition) is 1. The molecule has 0 unspecified atom stereocenters. The van der Waals surface area contributed by atoms with Crippen LogP contribution < -0.4 is 5.32 Å². The minimum Gasteiger partial charge on any atom is -0.334 e. The zero-order valence-electron chi connectivity index (χ0n) is 13.3. The Labute approximate surface area is 136 Å². The molecule has 6 heteroatoms. The van der Waals surface area contributed by atoms with E-state index in [1.807, 2.05) is 52.2 Å². The van der Waals surface area contributed by atoms with Crippen LogP contribution in [0, 0.1) is 0 Å². The minimum absolute atomic E-state index is 0.0283. The Hall–Kier alpha value is -2.34. The monoisotopic (exact) mass is 313 g/mol. The van der Waals surface area contributed by atoms with Crippen molar-refractivity contribution in [1.29, 1.82) is 0 Å². The lowest BCUT2D eigenvalue weighted by molar-refractivity contribution is 0.135. The van der Waals surface area contributed by atoms with E-state index in [9.17, 15) is 4.79 Å². The van der Waals surface area contributed by atoms with Gasteiger partial charge < -0.3 is 10.2 Å². The Morgan fingerprint density at radius 3 is 2.52 bits per heavy atom. The fraction of sp³-hybridized carbons (Fsp3) is 0.412. The first kappa shape index (κ1) is 15.6. The standard InChI is InChI=1S/C17H23N5O/c23-17(18-15-16-5-2-1-3-6-16)21-12-9-20(10-13-21)11-14-22-8-4-7-19-22/h1-8H,9-15H2,(H,18,23). The fourth-order valence-electron chi connectivity index (χ4n) is 2.74. The van der Waals surface area contributed by atoms with Crippen LogP contribution in [-0.4, -0.2) is 58.3 Å². The third kappa shape index (κ3) is 4.56. The molecule has 1 aromatic heterocycles. The number of nitrogens with zero attached hydrogens (tertiary/aromatic N) is 4. The van der Waals surface area contributed by atoms with Crippen LogP contribution in [0.3, 0.4) is 0 Å². The van der Waals surface area contributed by atoms with Crippen LogP contribution in [-0.2, 0) is 13.1 Å². The molecule has 1 aromatic carbocycles. The van der Waals surface area contributed by atoms with Crippen molar-refractivity contribution in [3.63, 3.8) is 0 Å². The first-order valence-electron chi connectivity index (χ1n) is 8.08. The van der Waals surface area contributed by atoms with Crippen molar-refractivity contribution in [3.8, 4) is 0 Å². The van der Waals surface area contributed by atoms with Gasteiger partial charge in [-0.3, -0.25) is 9.58 Å². The van der Waals surface area contributed by atoms with Gasteiger partial charge in [-0.15, -0.1) is 0 Å². The molecule has 0 radical (unpaired) electrons. The van der Waals surface area contributed by atoms with Crippen molar-refractivity contribution >= 4 is 6.03 Å². The van der Waals surface area contributed by atoms with E-state index in [2.05, 4.69) is 15.3 Å². The highest BCUT2D eigenvalue weighted by Gasteiger charge is 2.20. The van der Waals surface area contributed by atoms with Gasteiger partial charge in [-0.2, -0.15) is 5.10 Å². The summed E-state index contributed by atoms with van der Waals surface area (Å²) in [5, 5.41) is 7.20. The van der Waals surface area contributed by atoms with Crippen LogP contribution in [0.2, 0.25) is 0 Å². The topological polar surface area (TPSA) is 53.4 Å². The number of benzene rings is 1.